The molecule has 0 aliphatic carbocycles. The largest absolute Gasteiger partial charge is 0.481 e. The van der Waals surface area contributed by atoms with Crippen molar-refractivity contribution in [2.24, 2.45) is 16.3 Å². The fraction of sp³-hybridized carbons (Fsp3) is 0.500. The summed E-state index contributed by atoms with van der Waals surface area (Å²) < 4.78 is 14.6. The van der Waals surface area contributed by atoms with Gasteiger partial charge in [0.1, 0.15) is 17.3 Å². The molecule has 4 heterocycles. The fourth-order valence-corrected chi connectivity index (χ4v) is 4.78. The van der Waals surface area contributed by atoms with Gasteiger partial charge in [0, 0.05) is 49.4 Å². The molecule has 1 saturated heterocycles. The molecule has 0 saturated carbocycles. The number of carboxylic acid groups (broad SMARTS) is 1. The maximum absolute atomic E-state index is 14.6. The Labute approximate surface area is 207 Å². The number of aromatic amines is 1. The number of aliphatic carboxylic acids is 1. The summed E-state index contributed by atoms with van der Waals surface area (Å²) in [4.78, 5) is 37.3. The molecule has 1 unspecified atom stereocenters. The number of carbonyl (C=O) groups is 2. The monoisotopic (exact) mass is 504 g/mol. The zero-order valence-corrected chi connectivity index (χ0v) is 20.6. The molecule has 1 atom stereocenters. The molecule has 2 aliphatic heterocycles. The van der Waals surface area contributed by atoms with E-state index in [0.717, 1.165) is 23.8 Å². The Kier molecular flexibility index (Phi) is 7.30. The summed E-state index contributed by atoms with van der Waals surface area (Å²) in [6.07, 6.45) is 5.21. The molecule has 9 nitrogen and oxygen atoms in total. The minimum absolute atomic E-state index is 0.0387. The third kappa shape index (κ3) is 6.11. The van der Waals surface area contributed by atoms with Crippen LogP contribution in [0.2, 0.25) is 5.02 Å². The van der Waals surface area contributed by atoms with Crippen molar-refractivity contribution >= 4 is 40.3 Å². The Balaban J connectivity index is 1.35. The molecule has 2 aromatic heterocycles. The lowest BCUT2D eigenvalue weighted by Gasteiger charge is -2.35. The van der Waals surface area contributed by atoms with Gasteiger partial charge >= 0.3 is 5.97 Å². The quantitative estimate of drug-likeness (QED) is 0.437. The zero-order valence-electron chi connectivity index (χ0n) is 19.8. The summed E-state index contributed by atoms with van der Waals surface area (Å²) in [6, 6.07) is 1.78. The van der Waals surface area contributed by atoms with Crippen molar-refractivity contribution in [2.45, 2.75) is 39.5 Å². The first-order valence-corrected chi connectivity index (χ1v) is 12.1. The van der Waals surface area contributed by atoms with Gasteiger partial charge in [-0.25, -0.2) is 9.37 Å². The first-order chi connectivity index (χ1) is 16.6. The van der Waals surface area contributed by atoms with Gasteiger partial charge in [-0.15, -0.1) is 0 Å². The maximum atomic E-state index is 14.6. The number of pyridine rings is 1. The standard InChI is InChI=1S/C24H30ClFN6O3/c1-24(2,8-20(34)35)7-19(33)32-5-3-4-14(13-32)9-27-23-18(26)12-30-22(31-23)17-11-29-21-16(17)6-15(25)10-28-21/h6,10-11,14,27H,3-5,7-9,12-13H2,1-2H3,(H,28,29)(H,30,31)(H,34,35). The van der Waals surface area contributed by atoms with E-state index in [1.165, 1.54) is 0 Å². The fourth-order valence-electron chi connectivity index (χ4n) is 4.62. The molecule has 188 valence electrons. The smallest absolute Gasteiger partial charge is 0.303 e. The van der Waals surface area contributed by atoms with Crippen LogP contribution in [0.25, 0.3) is 11.0 Å². The van der Waals surface area contributed by atoms with Crippen LogP contribution in [-0.2, 0) is 9.59 Å². The van der Waals surface area contributed by atoms with Crippen molar-refractivity contribution in [3.8, 4) is 0 Å². The Hall–Kier alpha value is -3.14. The van der Waals surface area contributed by atoms with Gasteiger partial charge in [-0.2, -0.15) is 0 Å². The average molecular weight is 505 g/mol. The van der Waals surface area contributed by atoms with E-state index in [0.29, 0.717) is 36.1 Å². The number of nitrogens with one attached hydrogen (secondary N) is 3. The van der Waals surface area contributed by atoms with E-state index in [1.807, 2.05) is 0 Å². The third-order valence-electron chi connectivity index (χ3n) is 6.34. The number of amidine groups is 1. The van der Waals surface area contributed by atoms with E-state index in [-0.39, 0.29) is 42.9 Å². The summed E-state index contributed by atoms with van der Waals surface area (Å²) in [5.74, 6) is -0.396. The topological polar surface area (TPSA) is 123 Å². The van der Waals surface area contributed by atoms with Crippen LogP contribution in [-0.4, -0.2) is 63.9 Å². The van der Waals surface area contributed by atoms with Crippen molar-refractivity contribution in [1.29, 1.82) is 0 Å². The predicted molar refractivity (Wildman–Crippen MR) is 132 cm³/mol. The molecule has 4 rings (SSSR count). The highest BCUT2D eigenvalue weighted by Crippen LogP contribution is 2.28. The van der Waals surface area contributed by atoms with Gasteiger partial charge in [-0.3, -0.25) is 14.6 Å². The van der Waals surface area contributed by atoms with Crippen LogP contribution in [0.1, 0.15) is 45.1 Å². The molecule has 0 bridgehead atoms. The second kappa shape index (κ2) is 10.2. The van der Waals surface area contributed by atoms with Gasteiger partial charge in [0.25, 0.3) is 0 Å². The Bertz CT molecular complexity index is 1190. The van der Waals surface area contributed by atoms with Crippen LogP contribution in [0.15, 0.2) is 35.1 Å². The number of fused-ring (bicyclic) bond motifs is 1. The first kappa shape index (κ1) is 25.0. The van der Waals surface area contributed by atoms with Crippen LogP contribution in [0.4, 0.5) is 4.39 Å². The Morgan fingerprint density at radius 2 is 2.17 bits per heavy atom. The van der Waals surface area contributed by atoms with Crippen LogP contribution in [0, 0.1) is 11.3 Å². The number of halogens is 2. The SMILES string of the molecule is CC(C)(CC(=O)O)CC(=O)N1CCCC(CNC2=C(F)CN=C(c3c[nH]c4ncc(Cl)cc34)N2)C1. The van der Waals surface area contributed by atoms with E-state index in [4.69, 9.17) is 16.7 Å². The number of hydrogen-bond donors (Lipinski definition) is 4. The average Bonchev–Trinajstić information content (AvgIpc) is 3.20. The van der Waals surface area contributed by atoms with Crippen LogP contribution >= 0.6 is 11.6 Å². The van der Waals surface area contributed by atoms with Gasteiger partial charge in [0.2, 0.25) is 5.91 Å². The van der Waals surface area contributed by atoms with Gasteiger partial charge in [-0.05, 0) is 30.2 Å². The lowest BCUT2D eigenvalue weighted by molar-refractivity contribution is -0.141. The number of aliphatic imine (C=N–C) groups is 1. The van der Waals surface area contributed by atoms with Crippen LogP contribution < -0.4 is 10.6 Å². The van der Waals surface area contributed by atoms with Gasteiger partial charge in [0.15, 0.2) is 5.83 Å². The molecule has 1 amide bonds. The summed E-state index contributed by atoms with van der Waals surface area (Å²) in [6.45, 7) is 5.21. The van der Waals surface area contributed by atoms with E-state index in [2.05, 4.69) is 25.6 Å². The molecular formula is C24H30ClFN6O3. The van der Waals surface area contributed by atoms with Crippen molar-refractivity contribution in [1.82, 2.24) is 25.5 Å². The zero-order chi connectivity index (χ0) is 25.2. The van der Waals surface area contributed by atoms with E-state index in [1.54, 1.807) is 37.2 Å². The molecule has 2 aliphatic rings. The summed E-state index contributed by atoms with van der Waals surface area (Å²) in [7, 11) is 0. The number of nitrogens with zero attached hydrogens (tertiary/aromatic N) is 3. The molecule has 0 radical (unpaired) electrons. The number of piperidine rings is 1. The van der Waals surface area contributed by atoms with Crippen molar-refractivity contribution in [2.75, 3.05) is 26.2 Å². The number of amides is 1. The highest BCUT2D eigenvalue weighted by Gasteiger charge is 2.30. The highest BCUT2D eigenvalue weighted by atomic mass is 35.5. The molecule has 4 N–H and O–H groups in total. The van der Waals surface area contributed by atoms with Crippen molar-refractivity contribution < 1.29 is 19.1 Å². The molecule has 0 aromatic carbocycles. The number of likely N-dealkylation sites (tertiary alicyclic amines) is 1. The second-order valence-electron chi connectivity index (χ2n) is 9.96. The molecular weight excluding hydrogens is 475 g/mol. The number of aromatic nitrogens is 2. The molecule has 11 heteroatoms. The number of carboxylic acids is 1. The predicted octanol–water partition coefficient (Wildman–Crippen LogP) is 3.42. The second-order valence-corrected chi connectivity index (χ2v) is 10.4. The van der Waals surface area contributed by atoms with Gasteiger partial charge in [-0.1, -0.05) is 25.4 Å². The first-order valence-electron chi connectivity index (χ1n) is 11.7. The van der Waals surface area contributed by atoms with Crippen molar-refractivity contribution in [3.63, 3.8) is 0 Å². The van der Waals surface area contributed by atoms with E-state index < -0.39 is 11.4 Å². The minimum Gasteiger partial charge on any atom is -0.481 e. The molecule has 2 aromatic rings. The van der Waals surface area contributed by atoms with Crippen molar-refractivity contribution in [3.05, 3.63) is 40.7 Å². The van der Waals surface area contributed by atoms with Crippen LogP contribution in [0.3, 0.4) is 0 Å². The molecule has 35 heavy (non-hydrogen) atoms. The van der Waals surface area contributed by atoms with Gasteiger partial charge < -0.3 is 25.6 Å². The lowest BCUT2D eigenvalue weighted by atomic mass is 9.84. The highest BCUT2D eigenvalue weighted by molar-refractivity contribution is 6.31. The molecule has 0 spiro atoms. The lowest BCUT2D eigenvalue weighted by Crippen LogP contribution is -2.45. The van der Waals surface area contributed by atoms with Crippen LogP contribution in [0.5, 0.6) is 0 Å². The van der Waals surface area contributed by atoms with E-state index >= 15 is 0 Å². The normalized spacial score (nSPS) is 18.9. The number of hydrogen-bond acceptors (Lipinski definition) is 6. The third-order valence-corrected chi connectivity index (χ3v) is 6.55. The Morgan fingerprint density at radius 3 is 2.94 bits per heavy atom. The number of H-pyrrole nitrogens is 1. The Morgan fingerprint density at radius 1 is 1.37 bits per heavy atom. The summed E-state index contributed by atoms with van der Waals surface area (Å²) in [5.41, 5.74) is 0.809. The van der Waals surface area contributed by atoms with Gasteiger partial charge in [0.05, 0.1) is 18.0 Å². The number of rotatable bonds is 8. The summed E-state index contributed by atoms with van der Waals surface area (Å²) in [5, 5.41) is 16.6. The van der Waals surface area contributed by atoms with E-state index in [9.17, 15) is 14.0 Å². The number of carbonyl (C=O) groups excluding carboxylic acids is 1. The summed E-state index contributed by atoms with van der Waals surface area (Å²) >= 11 is 6.09. The molecule has 1 fully saturated rings. The minimum atomic E-state index is -0.909. The maximum Gasteiger partial charge on any atom is 0.303 e.